The highest BCUT2D eigenvalue weighted by Crippen LogP contribution is 2.26. The molecule has 0 fully saturated rings. The van der Waals surface area contributed by atoms with Crippen LogP contribution in [0.2, 0.25) is 0 Å². The van der Waals surface area contributed by atoms with E-state index in [1.807, 2.05) is 32.0 Å². The van der Waals surface area contributed by atoms with Gasteiger partial charge in [0.25, 0.3) is 11.5 Å². The number of carbonyl (C=O) groups is 1. The van der Waals surface area contributed by atoms with Crippen LogP contribution in [0.3, 0.4) is 0 Å². The third-order valence-electron chi connectivity index (χ3n) is 4.20. The first-order chi connectivity index (χ1) is 12.4. The lowest BCUT2D eigenvalue weighted by atomic mass is 10.0. The number of fused-ring (bicyclic) bond motifs is 1. The van der Waals surface area contributed by atoms with Gasteiger partial charge in [-0.05, 0) is 50.3 Å². The molecule has 0 saturated carbocycles. The van der Waals surface area contributed by atoms with Gasteiger partial charge in [0.05, 0.1) is 24.1 Å². The molecule has 3 rings (SSSR count). The Kier molecular flexibility index (Phi) is 4.90. The van der Waals surface area contributed by atoms with Crippen LogP contribution in [0.15, 0.2) is 41.2 Å². The summed E-state index contributed by atoms with van der Waals surface area (Å²) in [6.07, 6.45) is 0. The summed E-state index contributed by atoms with van der Waals surface area (Å²) in [6, 6.07) is 10.4. The van der Waals surface area contributed by atoms with Crippen molar-refractivity contribution >= 4 is 29.0 Å². The summed E-state index contributed by atoms with van der Waals surface area (Å²) in [7, 11) is 1.60. The van der Waals surface area contributed by atoms with Crippen LogP contribution in [0.1, 0.15) is 34.5 Å². The first kappa shape index (κ1) is 17.9. The number of hydrogen-bond acceptors (Lipinski definition) is 4. The van der Waals surface area contributed by atoms with Gasteiger partial charge in [0.2, 0.25) is 0 Å². The Morgan fingerprint density at radius 1 is 1.19 bits per heavy atom. The Balaban J connectivity index is 1.90. The van der Waals surface area contributed by atoms with Crippen LogP contribution in [-0.4, -0.2) is 23.0 Å². The molecule has 0 radical (unpaired) electrons. The predicted molar refractivity (Wildman–Crippen MR) is 103 cm³/mol. The monoisotopic (exact) mass is 369 g/mol. The van der Waals surface area contributed by atoms with Gasteiger partial charge < -0.3 is 15.0 Å². The molecule has 3 aromatic rings. The largest absolute Gasteiger partial charge is 0.496 e. The molecule has 3 N–H and O–H groups in total. The second kappa shape index (κ2) is 7.13. The Labute approximate surface area is 155 Å². The number of carbonyl (C=O) groups excluding carboxylic acids is 1. The molecule has 1 amide bonds. The van der Waals surface area contributed by atoms with E-state index >= 15 is 0 Å². The van der Waals surface area contributed by atoms with Crippen molar-refractivity contribution in [2.24, 2.45) is 0 Å². The Hall–Kier alpha value is -2.93. The summed E-state index contributed by atoms with van der Waals surface area (Å²) in [5, 5.41) is 3.41. The van der Waals surface area contributed by atoms with Crippen LogP contribution in [0.4, 0.5) is 0 Å². The van der Waals surface area contributed by atoms with Crippen LogP contribution >= 0.6 is 12.2 Å². The van der Waals surface area contributed by atoms with E-state index in [0.717, 1.165) is 16.9 Å². The van der Waals surface area contributed by atoms with Crippen molar-refractivity contribution in [2.45, 2.75) is 19.9 Å². The number of nitrogens with one attached hydrogen (secondary N) is 3. The Bertz CT molecular complexity index is 1100. The summed E-state index contributed by atoms with van der Waals surface area (Å²) in [4.78, 5) is 30.0. The van der Waals surface area contributed by atoms with Crippen LogP contribution in [0.5, 0.6) is 5.75 Å². The van der Waals surface area contributed by atoms with Crippen molar-refractivity contribution in [3.8, 4) is 5.75 Å². The minimum Gasteiger partial charge on any atom is -0.496 e. The maximum Gasteiger partial charge on any atom is 0.259 e. The normalized spacial score (nSPS) is 12.0. The molecule has 0 aliphatic rings. The lowest BCUT2D eigenvalue weighted by Crippen LogP contribution is -2.27. The molecule has 0 bridgehead atoms. The molecule has 0 spiro atoms. The summed E-state index contributed by atoms with van der Waals surface area (Å²) in [5.74, 6) is 0.472. The zero-order valence-corrected chi connectivity index (χ0v) is 15.5. The molecule has 7 heteroatoms. The molecule has 1 aromatic heterocycles. The Morgan fingerprint density at radius 2 is 1.96 bits per heavy atom. The van der Waals surface area contributed by atoms with E-state index in [1.165, 1.54) is 0 Å². The number of H-pyrrole nitrogens is 2. The van der Waals surface area contributed by atoms with Crippen molar-refractivity contribution < 1.29 is 9.53 Å². The van der Waals surface area contributed by atoms with E-state index in [2.05, 4.69) is 15.3 Å². The number of aryl methyl sites for hydroxylation is 1. The number of ether oxygens (including phenoxy) is 1. The van der Waals surface area contributed by atoms with Crippen molar-refractivity contribution in [2.75, 3.05) is 7.11 Å². The van der Waals surface area contributed by atoms with E-state index in [-0.39, 0.29) is 22.3 Å². The minimum atomic E-state index is -0.284. The maximum atomic E-state index is 12.6. The number of rotatable bonds is 4. The number of amides is 1. The number of aromatic nitrogens is 2. The summed E-state index contributed by atoms with van der Waals surface area (Å²) in [6.45, 7) is 3.88. The van der Waals surface area contributed by atoms with Gasteiger partial charge in [-0.15, -0.1) is 0 Å². The summed E-state index contributed by atoms with van der Waals surface area (Å²) < 4.78 is 5.61. The van der Waals surface area contributed by atoms with Gasteiger partial charge in [0.1, 0.15) is 5.75 Å². The van der Waals surface area contributed by atoms with E-state index in [9.17, 15) is 9.59 Å². The first-order valence-corrected chi connectivity index (χ1v) is 8.51. The van der Waals surface area contributed by atoms with Crippen LogP contribution in [0.25, 0.3) is 10.9 Å². The first-order valence-electron chi connectivity index (χ1n) is 8.11. The van der Waals surface area contributed by atoms with E-state index in [1.54, 1.807) is 25.3 Å². The molecule has 2 aromatic carbocycles. The third kappa shape index (κ3) is 3.52. The standard InChI is InChI=1S/C19H19N3O3S/c1-10-4-7-16(25-3)14(8-10)11(2)20-17(23)12-5-6-13-15(9-12)21-19(26)22-18(13)24/h4-9,11H,1-3H3,(H,20,23)(H2,21,22,24,26)/t11-/m1/s1. The quantitative estimate of drug-likeness (QED) is 0.615. The summed E-state index contributed by atoms with van der Waals surface area (Å²) in [5.41, 5.74) is 2.66. The molecular formula is C19H19N3O3S. The van der Waals surface area contributed by atoms with Gasteiger partial charge in [0, 0.05) is 11.1 Å². The van der Waals surface area contributed by atoms with Crippen LogP contribution in [0, 0.1) is 11.7 Å². The molecule has 0 unspecified atom stereocenters. The average molecular weight is 369 g/mol. The number of aromatic amines is 2. The zero-order valence-electron chi connectivity index (χ0n) is 14.7. The van der Waals surface area contributed by atoms with E-state index < -0.39 is 0 Å². The number of hydrogen-bond donors (Lipinski definition) is 3. The molecule has 1 atom stereocenters. The lowest BCUT2D eigenvalue weighted by molar-refractivity contribution is 0.0939. The predicted octanol–water partition coefficient (Wildman–Crippen LogP) is 3.39. The highest BCUT2D eigenvalue weighted by atomic mass is 32.1. The second-order valence-corrected chi connectivity index (χ2v) is 6.52. The SMILES string of the molecule is COc1ccc(C)cc1[C@@H](C)NC(=O)c1ccc2c(=O)[nH]c(=S)[nH]c2c1. The second-order valence-electron chi connectivity index (χ2n) is 6.11. The number of benzene rings is 2. The van der Waals surface area contributed by atoms with Gasteiger partial charge in [0.15, 0.2) is 4.77 Å². The highest BCUT2D eigenvalue weighted by molar-refractivity contribution is 7.71. The zero-order chi connectivity index (χ0) is 18.8. The fourth-order valence-corrected chi connectivity index (χ4v) is 3.06. The van der Waals surface area contributed by atoms with E-state index in [4.69, 9.17) is 17.0 Å². The molecule has 1 heterocycles. The fraction of sp³-hybridized carbons (Fsp3) is 0.211. The highest BCUT2D eigenvalue weighted by Gasteiger charge is 2.16. The smallest absolute Gasteiger partial charge is 0.259 e. The van der Waals surface area contributed by atoms with Gasteiger partial charge in [-0.2, -0.15) is 0 Å². The fourth-order valence-electron chi connectivity index (χ4n) is 2.86. The molecule has 134 valence electrons. The van der Waals surface area contributed by atoms with Crippen LogP contribution in [-0.2, 0) is 0 Å². The van der Waals surface area contributed by atoms with Gasteiger partial charge in [-0.3, -0.25) is 14.6 Å². The lowest BCUT2D eigenvalue weighted by Gasteiger charge is -2.18. The average Bonchev–Trinajstić information content (AvgIpc) is 2.60. The third-order valence-corrected chi connectivity index (χ3v) is 4.41. The van der Waals surface area contributed by atoms with Crippen LogP contribution < -0.4 is 15.6 Å². The van der Waals surface area contributed by atoms with Crippen molar-refractivity contribution in [1.29, 1.82) is 0 Å². The Morgan fingerprint density at radius 3 is 2.69 bits per heavy atom. The van der Waals surface area contributed by atoms with Gasteiger partial charge >= 0.3 is 0 Å². The molecule has 26 heavy (non-hydrogen) atoms. The van der Waals surface area contributed by atoms with Gasteiger partial charge in [-0.1, -0.05) is 17.7 Å². The molecule has 6 nitrogen and oxygen atoms in total. The van der Waals surface area contributed by atoms with E-state index in [0.29, 0.717) is 16.5 Å². The topological polar surface area (TPSA) is 87.0 Å². The molecule has 0 aliphatic heterocycles. The molecule has 0 saturated heterocycles. The van der Waals surface area contributed by atoms with Gasteiger partial charge in [-0.25, -0.2) is 0 Å². The molecule has 0 aliphatic carbocycles. The maximum absolute atomic E-state index is 12.6. The summed E-state index contributed by atoms with van der Waals surface area (Å²) >= 11 is 4.98. The number of methoxy groups -OCH3 is 1. The minimum absolute atomic E-state index is 0.220. The van der Waals surface area contributed by atoms with Crippen molar-refractivity contribution in [1.82, 2.24) is 15.3 Å². The molecular weight excluding hydrogens is 350 g/mol. The van der Waals surface area contributed by atoms with Crippen molar-refractivity contribution in [3.63, 3.8) is 0 Å². The van der Waals surface area contributed by atoms with Crippen molar-refractivity contribution in [3.05, 3.63) is 68.2 Å².